The largest absolute Gasteiger partial charge is 0.490 e. The highest BCUT2D eigenvalue weighted by Gasteiger charge is 2.38. The zero-order valence-electron chi connectivity index (χ0n) is 11.1. The molecule has 0 aromatic heterocycles. The number of aliphatic carboxylic acids is 1. The summed E-state index contributed by atoms with van der Waals surface area (Å²) >= 11 is 5.48. The van der Waals surface area contributed by atoms with Crippen LogP contribution in [0, 0.1) is 0 Å². The van der Waals surface area contributed by atoms with Crippen LogP contribution in [0.4, 0.5) is 26.3 Å². The summed E-state index contributed by atoms with van der Waals surface area (Å²) in [5.74, 6) is -2.56. The van der Waals surface area contributed by atoms with Crippen molar-refractivity contribution in [2.24, 2.45) is 0 Å². The number of carboxylic acid groups (broad SMARTS) is 1. The van der Waals surface area contributed by atoms with Crippen molar-refractivity contribution >= 4 is 17.6 Å². The average Bonchev–Trinajstić information content (AvgIpc) is 2.33. The predicted octanol–water partition coefficient (Wildman–Crippen LogP) is 3.34. The van der Waals surface area contributed by atoms with Crippen LogP contribution >= 0.6 is 11.6 Å². The Hall–Kier alpha value is -1.68. The quantitative estimate of drug-likeness (QED) is 0.789. The lowest BCUT2D eigenvalue weighted by Gasteiger charge is -2.28. The Labute approximate surface area is 131 Å². The third kappa shape index (κ3) is 6.14. The van der Waals surface area contributed by atoms with E-state index in [9.17, 15) is 26.3 Å². The van der Waals surface area contributed by atoms with Gasteiger partial charge in [0.05, 0.1) is 10.6 Å². The van der Waals surface area contributed by atoms with Crippen LogP contribution in [0.15, 0.2) is 18.2 Å². The van der Waals surface area contributed by atoms with Crippen LogP contribution in [0.3, 0.4) is 0 Å². The third-order valence-corrected chi connectivity index (χ3v) is 2.86. The molecule has 11 heteroatoms. The molecule has 2 rings (SSSR count). The molecule has 1 aliphatic rings. The number of alkyl halides is 6. The van der Waals surface area contributed by atoms with Gasteiger partial charge in [-0.3, -0.25) is 0 Å². The van der Waals surface area contributed by atoms with E-state index < -0.39 is 23.9 Å². The first-order valence-corrected chi connectivity index (χ1v) is 6.33. The normalized spacial score (nSPS) is 15.3. The molecule has 1 saturated heterocycles. The van der Waals surface area contributed by atoms with Gasteiger partial charge < -0.3 is 15.2 Å². The second-order valence-electron chi connectivity index (χ2n) is 4.34. The molecule has 1 fully saturated rings. The van der Waals surface area contributed by atoms with E-state index in [-0.39, 0.29) is 16.9 Å². The highest BCUT2D eigenvalue weighted by molar-refractivity contribution is 6.31. The second kappa shape index (κ2) is 7.26. The second-order valence-corrected chi connectivity index (χ2v) is 4.75. The molecule has 1 aliphatic heterocycles. The number of rotatable bonds is 2. The number of benzene rings is 1. The van der Waals surface area contributed by atoms with Crippen LogP contribution in [-0.4, -0.2) is 36.4 Å². The first kappa shape index (κ1) is 19.4. The van der Waals surface area contributed by atoms with Gasteiger partial charge >= 0.3 is 18.3 Å². The van der Waals surface area contributed by atoms with Crippen molar-refractivity contribution in [1.82, 2.24) is 5.32 Å². The molecular formula is C12H10ClF6NO3. The number of carbonyl (C=O) groups is 1. The van der Waals surface area contributed by atoms with Gasteiger partial charge in [-0.05, 0) is 18.2 Å². The van der Waals surface area contributed by atoms with Gasteiger partial charge in [0.2, 0.25) is 0 Å². The van der Waals surface area contributed by atoms with Crippen molar-refractivity contribution in [2.45, 2.75) is 18.5 Å². The van der Waals surface area contributed by atoms with Crippen molar-refractivity contribution in [1.29, 1.82) is 0 Å². The summed E-state index contributed by atoms with van der Waals surface area (Å²) < 4.78 is 74.6. The summed E-state index contributed by atoms with van der Waals surface area (Å²) in [5.41, 5.74) is -0.862. The molecule has 1 aromatic carbocycles. The van der Waals surface area contributed by atoms with E-state index in [2.05, 4.69) is 5.32 Å². The lowest BCUT2D eigenvalue weighted by atomic mass is 10.2. The number of hydrogen-bond donors (Lipinski definition) is 2. The standard InChI is InChI=1S/C10H9ClF3NO.C2HF3O2/c11-9-2-1-6(16-7-4-15-5-7)3-8(9)10(12,13)14;3-2(4,5)1(6)7/h1-3,7,15H,4-5H2;(H,6,7). The monoisotopic (exact) mass is 365 g/mol. The summed E-state index contributed by atoms with van der Waals surface area (Å²) in [5, 5.41) is 9.78. The summed E-state index contributed by atoms with van der Waals surface area (Å²) in [6, 6.07) is 3.57. The van der Waals surface area contributed by atoms with Gasteiger partial charge in [0.15, 0.2) is 0 Å². The summed E-state index contributed by atoms with van der Waals surface area (Å²) in [6.45, 7) is 1.31. The maximum atomic E-state index is 12.5. The van der Waals surface area contributed by atoms with Gasteiger partial charge in [-0.25, -0.2) is 4.79 Å². The van der Waals surface area contributed by atoms with Crippen LogP contribution in [0.1, 0.15) is 5.56 Å². The van der Waals surface area contributed by atoms with Gasteiger partial charge in [0.25, 0.3) is 0 Å². The summed E-state index contributed by atoms with van der Waals surface area (Å²) in [7, 11) is 0. The zero-order valence-corrected chi connectivity index (χ0v) is 11.9. The zero-order chi connectivity index (χ0) is 17.8. The lowest BCUT2D eigenvalue weighted by molar-refractivity contribution is -0.192. The Balaban J connectivity index is 0.000000322. The fraction of sp³-hybridized carbons (Fsp3) is 0.417. The van der Waals surface area contributed by atoms with E-state index in [1.54, 1.807) is 0 Å². The molecule has 0 amide bonds. The van der Waals surface area contributed by atoms with Crippen molar-refractivity contribution in [2.75, 3.05) is 13.1 Å². The molecule has 0 unspecified atom stereocenters. The minimum absolute atomic E-state index is 0.0535. The minimum Gasteiger partial charge on any atom is -0.488 e. The van der Waals surface area contributed by atoms with E-state index in [0.717, 1.165) is 6.07 Å². The van der Waals surface area contributed by atoms with Gasteiger partial charge in [0, 0.05) is 13.1 Å². The molecule has 0 aliphatic carbocycles. The molecule has 0 spiro atoms. The van der Waals surface area contributed by atoms with E-state index in [0.29, 0.717) is 13.1 Å². The number of hydrogen-bond acceptors (Lipinski definition) is 3. The molecule has 23 heavy (non-hydrogen) atoms. The predicted molar refractivity (Wildman–Crippen MR) is 67.4 cm³/mol. The molecule has 0 bridgehead atoms. The number of carboxylic acids is 1. The highest BCUT2D eigenvalue weighted by Crippen LogP contribution is 2.36. The van der Waals surface area contributed by atoms with Crippen molar-refractivity contribution in [3.63, 3.8) is 0 Å². The maximum Gasteiger partial charge on any atom is 0.490 e. The van der Waals surface area contributed by atoms with Gasteiger partial charge in [-0.1, -0.05) is 11.6 Å². The summed E-state index contributed by atoms with van der Waals surface area (Å²) in [6.07, 6.45) is -9.59. The fourth-order valence-electron chi connectivity index (χ4n) is 1.33. The van der Waals surface area contributed by atoms with Crippen LogP contribution in [0.5, 0.6) is 5.75 Å². The molecule has 2 N–H and O–H groups in total. The molecule has 0 atom stereocenters. The fourth-order valence-corrected chi connectivity index (χ4v) is 1.56. The number of ether oxygens (including phenoxy) is 1. The third-order valence-electron chi connectivity index (χ3n) is 2.53. The van der Waals surface area contributed by atoms with Crippen molar-refractivity contribution in [3.8, 4) is 5.75 Å². The topological polar surface area (TPSA) is 58.6 Å². The number of nitrogens with one attached hydrogen (secondary N) is 1. The Bertz CT molecular complexity index is 557. The van der Waals surface area contributed by atoms with E-state index in [4.69, 9.17) is 26.2 Å². The molecule has 4 nitrogen and oxygen atoms in total. The highest BCUT2D eigenvalue weighted by atomic mass is 35.5. The van der Waals surface area contributed by atoms with Crippen molar-refractivity contribution < 1.29 is 41.0 Å². The Kier molecular flexibility index (Phi) is 6.11. The van der Waals surface area contributed by atoms with Crippen LogP contribution in [0.25, 0.3) is 0 Å². The van der Waals surface area contributed by atoms with Gasteiger partial charge in [-0.15, -0.1) is 0 Å². The molecular weight excluding hydrogens is 356 g/mol. The minimum atomic E-state index is -5.08. The van der Waals surface area contributed by atoms with E-state index in [1.165, 1.54) is 12.1 Å². The van der Waals surface area contributed by atoms with E-state index >= 15 is 0 Å². The molecule has 1 aromatic rings. The Morgan fingerprint density at radius 1 is 1.22 bits per heavy atom. The summed E-state index contributed by atoms with van der Waals surface area (Å²) in [4.78, 5) is 8.90. The molecule has 130 valence electrons. The maximum absolute atomic E-state index is 12.5. The lowest BCUT2D eigenvalue weighted by Crippen LogP contribution is -2.50. The number of halogens is 7. The SMILES string of the molecule is FC(F)(F)c1cc(OC2CNC2)ccc1Cl.O=C(O)C(F)(F)F. The average molecular weight is 366 g/mol. The smallest absolute Gasteiger partial charge is 0.488 e. The van der Waals surface area contributed by atoms with Crippen molar-refractivity contribution in [3.05, 3.63) is 28.8 Å². The first-order valence-electron chi connectivity index (χ1n) is 5.95. The van der Waals surface area contributed by atoms with Crippen LogP contribution in [-0.2, 0) is 11.0 Å². The Morgan fingerprint density at radius 2 is 1.74 bits per heavy atom. The van der Waals surface area contributed by atoms with Crippen LogP contribution < -0.4 is 10.1 Å². The Morgan fingerprint density at radius 3 is 2.09 bits per heavy atom. The van der Waals surface area contributed by atoms with Crippen LogP contribution in [0.2, 0.25) is 5.02 Å². The van der Waals surface area contributed by atoms with Gasteiger partial charge in [0.1, 0.15) is 11.9 Å². The molecule has 1 heterocycles. The van der Waals surface area contributed by atoms with Gasteiger partial charge in [-0.2, -0.15) is 26.3 Å². The molecule has 0 radical (unpaired) electrons. The molecule has 0 saturated carbocycles. The van der Waals surface area contributed by atoms with E-state index in [1.807, 2.05) is 0 Å². The first-order chi connectivity index (χ1) is 10.4.